The minimum atomic E-state index is 0.458. The summed E-state index contributed by atoms with van der Waals surface area (Å²) in [6.45, 7) is 3.18. The summed E-state index contributed by atoms with van der Waals surface area (Å²) in [4.78, 5) is 11.8. The van der Waals surface area contributed by atoms with Gasteiger partial charge >= 0.3 is 0 Å². The third-order valence-corrected chi connectivity index (χ3v) is 6.97. The van der Waals surface area contributed by atoms with Gasteiger partial charge in [-0.15, -0.1) is 0 Å². The second-order valence-electron chi connectivity index (χ2n) is 8.34. The van der Waals surface area contributed by atoms with E-state index in [1.54, 1.807) is 0 Å². The summed E-state index contributed by atoms with van der Waals surface area (Å²) >= 11 is 12.5. The van der Waals surface area contributed by atoms with Crippen molar-refractivity contribution in [1.29, 1.82) is 0 Å². The lowest BCUT2D eigenvalue weighted by atomic mass is 9.59. The monoisotopic (exact) mass is 458 g/mol. The molecule has 1 fully saturated rings. The van der Waals surface area contributed by atoms with E-state index in [0.717, 1.165) is 60.4 Å². The minimum Gasteiger partial charge on any atom is -0.299 e. The Morgan fingerprint density at radius 1 is 0.875 bits per heavy atom. The molecule has 1 radical (unpaired) electrons. The van der Waals surface area contributed by atoms with E-state index in [2.05, 4.69) is 47.5 Å². The highest BCUT2D eigenvalue weighted by molar-refractivity contribution is 6.93. The quantitative estimate of drug-likeness (QED) is 0.423. The average Bonchev–Trinajstić information content (AvgIpc) is 3.28. The first-order valence-electron chi connectivity index (χ1n) is 11.0. The van der Waals surface area contributed by atoms with E-state index < -0.39 is 0 Å². The van der Waals surface area contributed by atoms with Gasteiger partial charge in [-0.2, -0.15) is 0 Å². The Kier molecular flexibility index (Phi) is 6.45. The molecule has 0 N–H and O–H groups in total. The van der Waals surface area contributed by atoms with Gasteiger partial charge in [0.1, 0.15) is 0 Å². The van der Waals surface area contributed by atoms with Crippen LogP contribution in [0.4, 0.5) is 0 Å². The number of halogens is 2. The Labute approximate surface area is 200 Å². The molecule has 159 valence electrons. The number of piperidine rings is 1. The summed E-state index contributed by atoms with van der Waals surface area (Å²) in [6.07, 6.45) is 5.84. The molecule has 6 heteroatoms. The van der Waals surface area contributed by atoms with Crippen molar-refractivity contribution >= 4 is 47.3 Å². The zero-order chi connectivity index (χ0) is 21.9. The second-order valence-corrected chi connectivity index (χ2v) is 9.16. The molecule has 0 aliphatic carbocycles. The zero-order valence-electron chi connectivity index (χ0n) is 17.7. The van der Waals surface area contributed by atoms with Crippen LogP contribution in [0.3, 0.4) is 0 Å². The molecule has 2 aliphatic rings. The molecule has 2 aliphatic heterocycles. The highest BCUT2D eigenvalue weighted by atomic mass is 35.5. The fourth-order valence-corrected chi connectivity index (χ4v) is 4.79. The molecule has 1 aromatic heterocycles. The van der Waals surface area contributed by atoms with Crippen LogP contribution in [0.1, 0.15) is 29.5 Å². The predicted octanol–water partition coefficient (Wildman–Crippen LogP) is 6.24. The van der Waals surface area contributed by atoms with Crippen LogP contribution in [0.15, 0.2) is 78.0 Å². The van der Waals surface area contributed by atoms with Crippen molar-refractivity contribution in [3.05, 3.63) is 99.8 Å². The van der Waals surface area contributed by atoms with Crippen molar-refractivity contribution in [2.24, 2.45) is 10.9 Å². The van der Waals surface area contributed by atoms with Crippen molar-refractivity contribution in [1.82, 2.24) is 9.88 Å². The summed E-state index contributed by atoms with van der Waals surface area (Å²) in [5.41, 5.74) is 6.71. The first-order valence-corrected chi connectivity index (χ1v) is 11.7. The highest BCUT2D eigenvalue weighted by Crippen LogP contribution is 2.36. The number of nitrogens with zero attached hydrogens (tertiary/aromatic N) is 3. The van der Waals surface area contributed by atoms with Gasteiger partial charge in [-0.05, 0) is 78.3 Å². The maximum Gasteiger partial charge on any atom is 0.215 e. The maximum absolute atomic E-state index is 6.33. The number of aromatic nitrogens is 1. The molecule has 0 amide bonds. The molecule has 1 saturated heterocycles. The SMILES string of the molecule is Clc1ccc(C2=C(c3ccncc3)N=C(C3CCN(Cc4ccccc4)CC3)[B]2)cc1Cl. The van der Waals surface area contributed by atoms with E-state index in [-0.39, 0.29) is 0 Å². The molecule has 3 nitrogen and oxygen atoms in total. The van der Waals surface area contributed by atoms with Crippen LogP contribution in [0.25, 0.3) is 11.2 Å². The van der Waals surface area contributed by atoms with Gasteiger partial charge in [-0.1, -0.05) is 59.6 Å². The Balaban J connectivity index is 1.34. The van der Waals surface area contributed by atoms with Crippen LogP contribution >= 0.6 is 23.2 Å². The second kappa shape index (κ2) is 9.62. The molecule has 3 aromatic rings. The standard InChI is InChI=1S/C26H23BCl2N3/c28-22-7-6-21(16-23(22)29)24-25(19-8-12-30-13-9-19)31-26(27-24)20-10-14-32(15-11-20)17-18-4-2-1-3-5-18/h1-9,12-13,16,20H,10-11,14-15,17H2. The number of hydrogen-bond donors (Lipinski definition) is 0. The van der Waals surface area contributed by atoms with Gasteiger partial charge in [0.2, 0.25) is 7.28 Å². The first-order chi connectivity index (χ1) is 15.7. The third kappa shape index (κ3) is 4.68. The van der Waals surface area contributed by atoms with Crippen molar-refractivity contribution < 1.29 is 0 Å². The number of likely N-dealkylation sites (tertiary alicyclic amines) is 1. The Morgan fingerprint density at radius 2 is 1.62 bits per heavy atom. The maximum atomic E-state index is 6.33. The van der Waals surface area contributed by atoms with Gasteiger partial charge in [0.15, 0.2) is 0 Å². The molecule has 3 heterocycles. The summed E-state index contributed by atoms with van der Waals surface area (Å²) < 4.78 is 0. The Bertz CT molecular complexity index is 1150. The molecule has 0 bridgehead atoms. The van der Waals surface area contributed by atoms with E-state index in [1.807, 2.05) is 42.7 Å². The van der Waals surface area contributed by atoms with E-state index in [9.17, 15) is 0 Å². The molecule has 0 atom stereocenters. The van der Waals surface area contributed by atoms with Crippen molar-refractivity contribution in [2.45, 2.75) is 19.4 Å². The van der Waals surface area contributed by atoms with E-state index in [4.69, 9.17) is 28.2 Å². The van der Waals surface area contributed by atoms with Crippen LogP contribution in [0, 0.1) is 5.92 Å². The number of aliphatic imine (C=N–C) groups is 1. The van der Waals surface area contributed by atoms with Crippen LogP contribution in [0.5, 0.6) is 0 Å². The number of pyridine rings is 1. The predicted molar refractivity (Wildman–Crippen MR) is 135 cm³/mol. The van der Waals surface area contributed by atoms with Gasteiger partial charge in [0.05, 0.1) is 15.7 Å². The highest BCUT2D eigenvalue weighted by Gasteiger charge is 2.30. The lowest BCUT2D eigenvalue weighted by Crippen LogP contribution is -2.37. The lowest BCUT2D eigenvalue weighted by molar-refractivity contribution is 0.202. The molecule has 0 unspecified atom stereocenters. The van der Waals surface area contributed by atoms with E-state index in [0.29, 0.717) is 16.0 Å². The van der Waals surface area contributed by atoms with Crippen LogP contribution in [0.2, 0.25) is 10.0 Å². The van der Waals surface area contributed by atoms with Gasteiger partial charge in [0.25, 0.3) is 0 Å². The molecule has 32 heavy (non-hydrogen) atoms. The summed E-state index contributed by atoms with van der Waals surface area (Å²) in [5, 5.41) is 1.12. The van der Waals surface area contributed by atoms with Gasteiger partial charge in [0, 0.05) is 24.5 Å². The third-order valence-electron chi connectivity index (χ3n) is 6.23. The molecule has 5 rings (SSSR count). The summed E-state index contributed by atoms with van der Waals surface area (Å²) in [7, 11) is 2.24. The molecular weight excluding hydrogens is 436 g/mol. The van der Waals surface area contributed by atoms with E-state index >= 15 is 0 Å². The van der Waals surface area contributed by atoms with Gasteiger partial charge in [-0.3, -0.25) is 14.9 Å². The van der Waals surface area contributed by atoms with E-state index in [1.165, 1.54) is 5.56 Å². The van der Waals surface area contributed by atoms with Gasteiger partial charge < -0.3 is 0 Å². The fourth-order valence-electron chi connectivity index (χ4n) is 4.49. The van der Waals surface area contributed by atoms with Crippen LogP contribution in [-0.2, 0) is 6.54 Å². The number of rotatable bonds is 5. The molecule has 0 saturated carbocycles. The normalized spacial score (nSPS) is 17.4. The van der Waals surface area contributed by atoms with Crippen LogP contribution in [-0.4, -0.2) is 35.9 Å². The lowest BCUT2D eigenvalue weighted by Gasteiger charge is -2.32. The van der Waals surface area contributed by atoms with Crippen LogP contribution < -0.4 is 0 Å². The number of benzene rings is 2. The minimum absolute atomic E-state index is 0.458. The molecular formula is C26H23BCl2N3. The summed E-state index contributed by atoms with van der Waals surface area (Å²) in [5.74, 6) is 0.458. The fraction of sp³-hybridized carbons (Fsp3) is 0.231. The molecule has 2 aromatic carbocycles. The smallest absolute Gasteiger partial charge is 0.215 e. The zero-order valence-corrected chi connectivity index (χ0v) is 19.2. The number of hydrogen-bond acceptors (Lipinski definition) is 3. The van der Waals surface area contributed by atoms with Crippen molar-refractivity contribution in [2.75, 3.05) is 13.1 Å². The molecule has 0 spiro atoms. The van der Waals surface area contributed by atoms with Crippen molar-refractivity contribution in [3.63, 3.8) is 0 Å². The Morgan fingerprint density at radius 3 is 2.34 bits per heavy atom. The largest absolute Gasteiger partial charge is 0.299 e. The van der Waals surface area contributed by atoms with Crippen molar-refractivity contribution in [3.8, 4) is 0 Å². The Hall–Kier alpha value is -2.40. The van der Waals surface area contributed by atoms with Gasteiger partial charge in [-0.25, -0.2) is 0 Å². The first kappa shape index (κ1) is 21.5. The topological polar surface area (TPSA) is 28.5 Å². The average molecular weight is 459 g/mol. The summed E-state index contributed by atoms with van der Waals surface area (Å²) in [6, 6.07) is 20.5.